The van der Waals surface area contributed by atoms with E-state index < -0.39 is 75.6 Å². The molecule has 6 heterocycles. The number of ether oxygens (including phenoxy) is 4. The highest BCUT2D eigenvalue weighted by atomic mass is 16.6. The molecule has 1 aromatic heterocycles. The number of aliphatic hydroxyl groups excluding tert-OH is 1. The lowest BCUT2D eigenvalue weighted by molar-refractivity contribution is -0.228. The van der Waals surface area contributed by atoms with Gasteiger partial charge in [0.25, 0.3) is 0 Å². The van der Waals surface area contributed by atoms with Crippen molar-refractivity contribution in [3.63, 3.8) is 0 Å². The molecule has 3 aromatic rings. The van der Waals surface area contributed by atoms with Gasteiger partial charge in [-0.3, -0.25) is 19.3 Å². The molecule has 15 heteroatoms. The van der Waals surface area contributed by atoms with E-state index in [1.54, 1.807) is 24.9 Å². The van der Waals surface area contributed by atoms with Crippen molar-refractivity contribution >= 4 is 40.4 Å². The fourth-order valence-electron chi connectivity index (χ4n) is 13.3. The Morgan fingerprint density at radius 2 is 1.70 bits per heavy atom. The molecular weight excluding hydrogens is 785 g/mol. The number of likely N-dealkylation sites (N-methyl/N-ethyl adjacent to an activating group) is 1. The summed E-state index contributed by atoms with van der Waals surface area (Å²) in [6, 6.07) is 9.99. The van der Waals surface area contributed by atoms with Crippen molar-refractivity contribution in [2.24, 2.45) is 11.3 Å². The van der Waals surface area contributed by atoms with E-state index in [1.807, 2.05) is 54.3 Å². The molecule has 61 heavy (non-hydrogen) atoms. The standard InChI is InChI=1S/C46H56N4O11/c1-8-42-16-12-18-49-20-17-44(37(42)49)29-21-30(33(58-5)22-32(29)48(4)38(44)46(57,41(55)60-7)39(42)61-25(3)51)45(40(54)59-6)23-28-35(52)43(56,9-2)24-50(36(28)53)19-15-27-26-13-10-11-14-31(26)47-34(27)45/h10-14,16,21-22,28,35,37-39,47,52,56-57H,8-9,15,17-20,23-24H2,1-7H3/t28-,35+,37-,38+,39+,42+,43-,44+,45-,46-/m0/s1. The maximum atomic E-state index is 15.3. The number of fused-ring (bicyclic) bond motifs is 6. The van der Waals surface area contributed by atoms with E-state index in [9.17, 15) is 29.7 Å². The van der Waals surface area contributed by atoms with E-state index in [4.69, 9.17) is 18.9 Å². The number of hydrogen-bond acceptors (Lipinski definition) is 13. The smallest absolute Gasteiger partial charge is 0.344 e. The summed E-state index contributed by atoms with van der Waals surface area (Å²) >= 11 is 0. The van der Waals surface area contributed by atoms with Crippen LogP contribution in [0.1, 0.15) is 68.8 Å². The average Bonchev–Trinajstić information content (AvgIpc) is 3.92. The highest BCUT2D eigenvalue weighted by Crippen LogP contribution is 2.68. The van der Waals surface area contributed by atoms with Crippen LogP contribution in [-0.4, -0.2) is 144 Å². The maximum absolute atomic E-state index is 15.3. The molecule has 1 aliphatic carbocycles. The summed E-state index contributed by atoms with van der Waals surface area (Å²) < 4.78 is 23.6. The number of nitrogens with one attached hydrogen (secondary N) is 1. The zero-order chi connectivity index (χ0) is 43.6. The Balaban J connectivity index is 1.38. The molecule has 3 fully saturated rings. The van der Waals surface area contributed by atoms with Crippen LogP contribution in [0, 0.1) is 11.3 Å². The number of esters is 3. The van der Waals surface area contributed by atoms with Gasteiger partial charge in [-0.25, -0.2) is 4.79 Å². The van der Waals surface area contributed by atoms with Crippen molar-refractivity contribution in [3.8, 4) is 5.75 Å². The van der Waals surface area contributed by atoms with Crippen LogP contribution in [0.4, 0.5) is 5.69 Å². The number of benzene rings is 2. The van der Waals surface area contributed by atoms with Gasteiger partial charge < -0.3 is 49.1 Å². The van der Waals surface area contributed by atoms with Crippen molar-refractivity contribution < 1.29 is 53.4 Å². The number of aliphatic hydroxyl groups is 3. The van der Waals surface area contributed by atoms with Crippen LogP contribution >= 0.6 is 0 Å². The lowest BCUT2D eigenvalue weighted by atomic mass is 9.47. The summed E-state index contributed by atoms with van der Waals surface area (Å²) in [7, 11) is 5.78. The zero-order valence-electron chi connectivity index (χ0n) is 35.8. The third-order valence-electron chi connectivity index (χ3n) is 15.8. The predicted octanol–water partition coefficient (Wildman–Crippen LogP) is 2.49. The first kappa shape index (κ1) is 41.4. The molecule has 15 nitrogen and oxygen atoms in total. The highest BCUT2D eigenvalue weighted by molar-refractivity contribution is 5.96. The number of anilines is 1. The number of methoxy groups -OCH3 is 3. The Hall–Kier alpha value is -4.96. The van der Waals surface area contributed by atoms with E-state index in [0.29, 0.717) is 49.3 Å². The highest BCUT2D eigenvalue weighted by Gasteiger charge is 2.80. The Bertz CT molecular complexity index is 2380. The lowest BCUT2D eigenvalue weighted by Crippen LogP contribution is -2.81. The van der Waals surface area contributed by atoms with Crippen LogP contribution in [0.3, 0.4) is 0 Å². The van der Waals surface area contributed by atoms with E-state index in [0.717, 1.165) is 22.0 Å². The molecule has 0 radical (unpaired) electrons. The van der Waals surface area contributed by atoms with Crippen LogP contribution in [-0.2, 0) is 50.6 Å². The SMILES string of the molecule is CC[C@]1(O)CN2CCc3c([nH]c4ccccc34)[C@@](C(=O)OC)(c3cc4c(cc3OC)N(C)[C@H]3[C@@](O)(C(=O)OC)[C@H](OC(C)=O)[C@]5(CC)C=CCN6CC[C@]43[C@@H]65)C[C@H](C2=O)[C@H]1O. The number of hydrogen-bond donors (Lipinski definition) is 4. The third kappa shape index (κ3) is 5.11. The first-order valence-electron chi connectivity index (χ1n) is 21.3. The summed E-state index contributed by atoms with van der Waals surface area (Å²) in [5.74, 6) is -3.68. The van der Waals surface area contributed by atoms with Gasteiger partial charge in [-0.2, -0.15) is 0 Å². The largest absolute Gasteiger partial charge is 0.496 e. The fourth-order valence-corrected chi connectivity index (χ4v) is 13.3. The van der Waals surface area contributed by atoms with Crippen LogP contribution in [0.5, 0.6) is 5.75 Å². The number of para-hydroxylation sites is 1. The van der Waals surface area contributed by atoms with E-state index in [-0.39, 0.29) is 37.6 Å². The molecule has 5 aliphatic heterocycles. The first-order valence-corrected chi connectivity index (χ1v) is 21.3. The topological polar surface area (TPSA) is 191 Å². The van der Waals surface area contributed by atoms with Gasteiger partial charge in [-0.15, -0.1) is 0 Å². The van der Waals surface area contributed by atoms with Gasteiger partial charge in [0.15, 0.2) is 6.10 Å². The monoisotopic (exact) mass is 840 g/mol. The predicted molar refractivity (Wildman–Crippen MR) is 222 cm³/mol. The lowest BCUT2D eigenvalue weighted by Gasteiger charge is -2.63. The Morgan fingerprint density at radius 3 is 2.38 bits per heavy atom. The normalized spacial score (nSPS) is 36.2. The minimum atomic E-state index is -2.39. The minimum absolute atomic E-state index is 0.0652. The Kier molecular flexibility index (Phi) is 9.52. The molecule has 2 bridgehead atoms. The van der Waals surface area contributed by atoms with Crippen molar-refractivity contribution in [1.29, 1.82) is 0 Å². The number of rotatable bonds is 7. The van der Waals surface area contributed by atoms with Crippen molar-refractivity contribution in [2.45, 2.75) is 99.2 Å². The second-order valence-corrected chi connectivity index (χ2v) is 18.1. The van der Waals surface area contributed by atoms with Crippen LogP contribution in [0.25, 0.3) is 10.9 Å². The fraction of sp³-hybridized carbons (Fsp3) is 0.565. The van der Waals surface area contributed by atoms with Crippen molar-refractivity contribution in [2.75, 3.05) is 59.5 Å². The van der Waals surface area contributed by atoms with Crippen molar-refractivity contribution in [3.05, 3.63) is 70.9 Å². The summed E-state index contributed by atoms with van der Waals surface area (Å²) in [6.45, 7) is 6.31. The Morgan fingerprint density at radius 1 is 0.967 bits per heavy atom. The molecule has 9 rings (SSSR count). The Labute approximate surface area is 354 Å². The number of carbonyl (C=O) groups excluding carboxylic acids is 4. The molecule has 0 unspecified atom stereocenters. The number of aromatic amines is 1. The van der Waals surface area contributed by atoms with Crippen molar-refractivity contribution in [1.82, 2.24) is 14.8 Å². The van der Waals surface area contributed by atoms with Gasteiger partial charge in [0, 0.05) is 77.8 Å². The van der Waals surface area contributed by atoms with Gasteiger partial charge in [0.1, 0.15) is 16.8 Å². The number of amides is 1. The third-order valence-corrected chi connectivity index (χ3v) is 15.8. The second-order valence-electron chi connectivity index (χ2n) is 18.1. The van der Waals surface area contributed by atoms with E-state index >= 15 is 4.79 Å². The molecule has 2 saturated heterocycles. The van der Waals surface area contributed by atoms with Crippen LogP contribution in [0.15, 0.2) is 48.6 Å². The molecule has 6 aliphatic rings. The maximum Gasteiger partial charge on any atom is 0.344 e. The van der Waals surface area contributed by atoms with Gasteiger partial charge in [-0.1, -0.05) is 44.2 Å². The molecule has 1 spiro atoms. The van der Waals surface area contributed by atoms with Crippen LogP contribution in [0.2, 0.25) is 0 Å². The number of aromatic nitrogens is 1. The summed E-state index contributed by atoms with van der Waals surface area (Å²) in [6.07, 6.45) is 2.18. The van der Waals surface area contributed by atoms with Gasteiger partial charge in [0.05, 0.1) is 45.9 Å². The van der Waals surface area contributed by atoms with Gasteiger partial charge in [0.2, 0.25) is 11.5 Å². The number of piperidine rings is 1. The molecule has 2 aromatic carbocycles. The summed E-state index contributed by atoms with van der Waals surface area (Å²) in [5, 5.41) is 38.2. The van der Waals surface area contributed by atoms with Crippen LogP contribution < -0.4 is 9.64 Å². The van der Waals surface area contributed by atoms with E-state index in [2.05, 4.69) is 9.88 Å². The summed E-state index contributed by atoms with van der Waals surface area (Å²) in [5.41, 5.74) is -4.27. The number of nitrogens with zero attached hydrogens (tertiary/aromatic N) is 3. The second kappa shape index (κ2) is 14.0. The summed E-state index contributed by atoms with van der Waals surface area (Å²) in [4.78, 5) is 66.7. The average molecular weight is 841 g/mol. The molecule has 1 saturated carbocycles. The number of carbonyl (C=O) groups is 4. The molecular formula is C46H56N4O11. The molecule has 326 valence electrons. The zero-order valence-corrected chi connectivity index (χ0v) is 35.8. The molecule has 4 N–H and O–H groups in total. The first-order chi connectivity index (χ1) is 29.1. The molecule has 1 amide bonds. The van der Waals surface area contributed by atoms with Gasteiger partial charge in [-0.05, 0) is 61.9 Å². The number of H-pyrrole nitrogens is 1. The quantitative estimate of drug-likeness (QED) is 0.154. The molecule has 10 atom stereocenters. The van der Waals surface area contributed by atoms with E-state index in [1.165, 1.54) is 28.3 Å². The van der Waals surface area contributed by atoms with Gasteiger partial charge >= 0.3 is 17.9 Å². The minimum Gasteiger partial charge on any atom is -0.496 e.